The lowest BCUT2D eigenvalue weighted by Gasteiger charge is -2.17. The molecule has 1 aliphatic rings. The van der Waals surface area contributed by atoms with Gasteiger partial charge in [0.05, 0.1) is 16.3 Å². The molecule has 0 radical (unpaired) electrons. The molecule has 1 amide bonds. The number of hydrogen-bond donors (Lipinski definition) is 1. The minimum absolute atomic E-state index is 0.00570. The molecule has 138 valence electrons. The lowest BCUT2D eigenvalue weighted by atomic mass is 9.96. The number of rotatable bonds is 5. The zero-order valence-electron chi connectivity index (χ0n) is 14.7. The normalized spacial score (nSPS) is 14.8. The summed E-state index contributed by atoms with van der Waals surface area (Å²) in [6.45, 7) is 2.47. The van der Waals surface area contributed by atoms with Gasteiger partial charge in [0, 0.05) is 29.4 Å². The second-order valence-corrected chi connectivity index (χ2v) is 7.77. The number of amides is 1. The second-order valence-electron chi connectivity index (χ2n) is 6.92. The van der Waals surface area contributed by atoms with Gasteiger partial charge in [0.25, 0.3) is 5.91 Å². The minimum atomic E-state index is -0.182. The van der Waals surface area contributed by atoms with Gasteiger partial charge in [0.1, 0.15) is 6.33 Å². The maximum absolute atomic E-state index is 12.6. The van der Waals surface area contributed by atoms with Crippen molar-refractivity contribution in [1.82, 2.24) is 19.9 Å². The monoisotopic (exact) mass is 400 g/mol. The van der Waals surface area contributed by atoms with E-state index in [0.29, 0.717) is 28.0 Å². The Morgan fingerprint density at radius 1 is 1.22 bits per heavy atom. The molecule has 1 fully saturated rings. The largest absolute Gasteiger partial charge is 0.351 e. The average Bonchev–Trinajstić information content (AvgIpc) is 3.33. The molecule has 0 saturated heterocycles. The minimum Gasteiger partial charge on any atom is -0.351 e. The van der Waals surface area contributed by atoms with E-state index in [-0.39, 0.29) is 11.3 Å². The number of pyridine rings is 1. The molecule has 27 heavy (non-hydrogen) atoms. The van der Waals surface area contributed by atoms with Crippen LogP contribution in [0.15, 0.2) is 49.1 Å². The molecule has 2 heterocycles. The number of benzene rings is 1. The van der Waals surface area contributed by atoms with Crippen molar-refractivity contribution in [2.45, 2.75) is 25.2 Å². The van der Waals surface area contributed by atoms with Crippen LogP contribution in [0.2, 0.25) is 10.0 Å². The predicted octanol–water partition coefficient (Wildman–Crippen LogP) is 4.34. The summed E-state index contributed by atoms with van der Waals surface area (Å²) in [6, 6.07) is 9.47. The molecule has 1 aliphatic carbocycles. The number of hydrogen-bond acceptors (Lipinski definition) is 3. The first-order valence-electron chi connectivity index (χ1n) is 8.68. The number of aromatic nitrogens is 3. The SMILES string of the molecule is Cc1cn(-c2ncc(C(=O)NCC3(c4ccc(Cl)cc4)CC3)cc2Cl)cn1. The van der Waals surface area contributed by atoms with Crippen LogP contribution in [0.5, 0.6) is 0 Å². The van der Waals surface area contributed by atoms with E-state index < -0.39 is 0 Å². The number of nitrogens with zero attached hydrogens (tertiary/aromatic N) is 3. The van der Waals surface area contributed by atoms with Crippen LogP contribution < -0.4 is 5.32 Å². The van der Waals surface area contributed by atoms with Crippen molar-refractivity contribution in [2.75, 3.05) is 6.54 Å². The maximum atomic E-state index is 12.6. The van der Waals surface area contributed by atoms with E-state index in [2.05, 4.69) is 15.3 Å². The van der Waals surface area contributed by atoms with Crippen molar-refractivity contribution in [3.63, 3.8) is 0 Å². The molecule has 4 rings (SSSR count). The molecule has 0 unspecified atom stereocenters. The van der Waals surface area contributed by atoms with Gasteiger partial charge in [-0.25, -0.2) is 9.97 Å². The molecule has 0 bridgehead atoms. The highest BCUT2D eigenvalue weighted by molar-refractivity contribution is 6.32. The Hall–Kier alpha value is -2.37. The first kappa shape index (κ1) is 18.0. The third kappa shape index (κ3) is 3.70. The third-order valence-corrected chi connectivity index (χ3v) is 5.47. The van der Waals surface area contributed by atoms with Gasteiger partial charge in [-0.3, -0.25) is 9.36 Å². The zero-order chi connectivity index (χ0) is 19.0. The fourth-order valence-electron chi connectivity index (χ4n) is 3.16. The Kier molecular flexibility index (Phi) is 4.66. The molecule has 0 aliphatic heterocycles. The van der Waals surface area contributed by atoms with E-state index >= 15 is 0 Å². The summed E-state index contributed by atoms with van der Waals surface area (Å²) in [7, 11) is 0. The van der Waals surface area contributed by atoms with E-state index in [1.807, 2.05) is 37.4 Å². The highest BCUT2D eigenvalue weighted by atomic mass is 35.5. The lowest BCUT2D eigenvalue weighted by molar-refractivity contribution is 0.0949. The summed E-state index contributed by atoms with van der Waals surface area (Å²) in [5.74, 6) is 0.367. The van der Waals surface area contributed by atoms with Gasteiger partial charge in [0.2, 0.25) is 0 Å². The summed E-state index contributed by atoms with van der Waals surface area (Å²) >= 11 is 12.3. The number of halogens is 2. The topological polar surface area (TPSA) is 59.8 Å². The molecule has 1 aromatic carbocycles. The molecule has 1 N–H and O–H groups in total. The van der Waals surface area contributed by atoms with Crippen LogP contribution in [-0.4, -0.2) is 27.0 Å². The standard InChI is InChI=1S/C20H18Cl2N4O/c1-13-10-26(12-25-13)18-17(22)8-14(9-23-18)19(27)24-11-20(6-7-20)15-2-4-16(21)5-3-15/h2-5,8-10,12H,6-7,11H2,1H3,(H,24,27). The van der Waals surface area contributed by atoms with Crippen LogP contribution >= 0.6 is 23.2 Å². The summed E-state index contributed by atoms with van der Waals surface area (Å²) in [6.07, 6.45) is 7.11. The van der Waals surface area contributed by atoms with Crippen molar-refractivity contribution < 1.29 is 4.79 Å². The van der Waals surface area contributed by atoms with Crippen molar-refractivity contribution in [1.29, 1.82) is 0 Å². The van der Waals surface area contributed by atoms with Crippen LogP contribution in [0.25, 0.3) is 5.82 Å². The predicted molar refractivity (Wildman–Crippen MR) is 106 cm³/mol. The van der Waals surface area contributed by atoms with Crippen molar-refractivity contribution >= 4 is 29.1 Å². The van der Waals surface area contributed by atoms with E-state index in [4.69, 9.17) is 23.2 Å². The molecule has 3 aromatic rings. The van der Waals surface area contributed by atoms with Crippen LogP contribution in [0.3, 0.4) is 0 Å². The van der Waals surface area contributed by atoms with Gasteiger partial charge >= 0.3 is 0 Å². The van der Waals surface area contributed by atoms with Gasteiger partial charge in [-0.2, -0.15) is 0 Å². The molecule has 1 saturated carbocycles. The van der Waals surface area contributed by atoms with E-state index in [1.165, 1.54) is 11.8 Å². The molecule has 2 aromatic heterocycles. The second kappa shape index (κ2) is 6.98. The van der Waals surface area contributed by atoms with E-state index in [0.717, 1.165) is 18.5 Å². The lowest BCUT2D eigenvalue weighted by Crippen LogP contribution is -2.32. The Balaban J connectivity index is 1.46. The fourth-order valence-corrected chi connectivity index (χ4v) is 3.55. The Labute approximate surface area is 167 Å². The van der Waals surface area contributed by atoms with Gasteiger partial charge in [-0.05, 0) is 43.5 Å². The summed E-state index contributed by atoms with van der Waals surface area (Å²) < 4.78 is 1.74. The first-order valence-corrected chi connectivity index (χ1v) is 9.43. The van der Waals surface area contributed by atoms with Crippen LogP contribution in [0.4, 0.5) is 0 Å². The molecule has 0 spiro atoms. The molecular formula is C20H18Cl2N4O. The summed E-state index contributed by atoms with van der Waals surface area (Å²) in [5, 5.41) is 4.13. The highest BCUT2D eigenvalue weighted by Crippen LogP contribution is 2.47. The summed E-state index contributed by atoms with van der Waals surface area (Å²) in [4.78, 5) is 21.1. The maximum Gasteiger partial charge on any atom is 0.252 e. The number of carbonyl (C=O) groups is 1. The first-order chi connectivity index (χ1) is 13.0. The van der Waals surface area contributed by atoms with Gasteiger partial charge in [-0.1, -0.05) is 35.3 Å². The van der Waals surface area contributed by atoms with E-state index in [1.54, 1.807) is 17.0 Å². The van der Waals surface area contributed by atoms with Crippen molar-refractivity contribution in [3.8, 4) is 5.82 Å². The Bertz CT molecular complexity index is 993. The fraction of sp³-hybridized carbons (Fsp3) is 0.250. The smallest absolute Gasteiger partial charge is 0.252 e. The van der Waals surface area contributed by atoms with Crippen molar-refractivity contribution in [2.24, 2.45) is 0 Å². The third-order valence-electron chi connectivity index (χ3n) is 4.94. The Morgan fingerprint density at radius 2 is 1.96 bits per heavy atom. The summed E-state index contributed by atoms with van der Waals surface area (Å²) in [5.41, 5.74) is 2.51. The van der Waals surface area contributed by atoms with Gasteiger partial charge in [0.15, 0.2) is 5.82 Å². The average molecular weight is 401 g/mol. The highest BCUT2D eigenvalue weighted by Gasteiger charge is 2.44. The Morgan fingerprint density at radius 3 is 2.56 bits per heavy atom. The van der Waals surface area contributed by atoms with Crippen LogP contribution in [-0.2, 0) is 5.41 Å². The van der Waals surface area contributed by atoms with Gasteiger partial charge < -0.3 is 5.32 Å². The quantitative estimate of drug-likeness (QED) is 0.692. The number of aryl methyl sites for hydroxylation is 1. The van der Waals surface area contributed by atoms with Crippen LogP contribution in [0, 0.1) is 6.92 Å². The van der Waals surface area contributed by atoms with E-state index in [9.17, 15) is 4.79 Å². The number of imidazole rings is 1. The zero-order valence-corrected chi connectivity index (χ0v) is 16.3. The number of nitrogens with one attached hydrogen (secondary N) is 1. The molecule has 0 atom stereocenters. The van der Waals surface area contributed by atoms with Crippen LogP contribution in [0.1, 0.15) is 34.5 Å². The molecule has 7 heteroatoms. The van der Waals surface area contributed by atoms with Crippen molar-refractivity contribution in [3.05, 3.63) is 75.9 Å². The molecular weight excluding hydrogens is 383 g/mol. The number of carbonyl (C=O) groups excluding carboxylic acids is 1. The van der Waals surface area contributed by atoms with Gasteiger partial charge in [-0.15, -0.1) is 0 Å². The molecule has 5 nitrogen and oxygen atoms in total.